The van der Waals surface area contributed by atoms with E-state index in [2.05, 4.69) is 5.32 Å². The molecule has 7 nitrogen and oxygen atoms in total. The van der Waals surface area contributed by atoms with Gasteiger partial charge in [-0.3, -0.25) is 4.79 Å². The van der Waals surface area contributed by atoms with Crippen molar-refractivity contribution in [1.82, 2.24) is 5.32 Å². The first-order chi connectivity index (χ1) is 10.3. The molecule has 0 aliphatic rings. The Morgan fingerprint density at radius 2 is 2.05 bits per heavy atom. The highest BCUT2D eigenvalue weighted by molar-refractivity contribution is 5.89. The molecule has 1 aromatic carbocycles. The molecule has 1 unspecified atom stereocenters. The van der Waals surface area contributed by atoms with Crippen LogP contribution in [0.2, 0.25) is 0 Å². The van der Waals surface area contributed by atoms with Crippen LogP contribution in [0.15, 0.2) is 21.3 Å². The van der Waals surface area contributed by atoms with Crippen molar-refractivity contribution in [2.75, 3.05) is 6.61 Å². The van der Waals surface area contributed by atoms with Gasteiger partial charge in [-0.05, 0) is 31.5 Å². The molecule has 22 heavy (non-hydrogen) atoms. The zero-order valence-corrected chi connectivity index (χ0v) is 12.2. The molecule has 1 atom stereocenters. The number of hydrogen-bond donors (Lipinski definition) is 4. The van der Waals surface area contributed by atoms with Crippen LogP contribution in [0.25, 0.3) is 11.0 Å². The molecule has 0 saturated heterocycles. The Labute approximate surface area is 125 Å². The molecule has 2 aromatic rings. The molecule has 1 aromatic heterocycles. The highest BCUT2D eigenvalue weighted by Crippen LogP contribution is 2.34. The standard InChI is InChI=1S/C15H17NO6/c1-7(6-17)16-12(19)5-10-8(2)9-3-4-11(18)13(20)14(9)22-15(10)21/h3-4,7,17-18,20H,5-6H2,1-2H3,(H,16,19). The van der Waals surface area contributed by atoms with Gasteiger partial charge in [-0.1, -0.05) is 0 Å². The van der Waals surface area contributed by atoms with Crippen molar-refractivity contribution in [2.24, 2.45) is 0 Å². The minimum atomic E-state index is -0.752. The molecule has 2 rings (SSSR count). The molecule has 0 saturated carbocycles. The van der Waals surface area contributed by atoms with E-state index in [1.807, 2.05) is 0 Å². The molecular formula is C15H17NO6. The third kappa shape index (κ3) is 2.89. The summed E-state index contributed by atoms with van der Waals surface area (Å²) in [6, 6.07) is 2.37. The van der Waals surface area contributed by atoms with E-state index in [0.29, 0.717) is 10.9 Å². The molecule has 0 radical (unpaired) electrons. The Hall–Kier alpha value is -2.54. The molecule has 4 N–H and O–H groups in total. The maximum atomic E-state index is 12.0. The van der Waals surface area contributed by atoms with E-state index >= 15 is 0 Å². The fourth-order valence-corrected chi connectivity index (χ4v) is 2.17. The number of rotatable bonds is 4. The van der Waals surface area contributed by atoms with Gasteiger partial charge >= 0.3 is 5.63 Å². The third-order valence-electron chi connectivity index (χ3n) is 3.43. The Balaban J connectivity index is 2.46. The van der Waals surface area contributed by atoms with E-state index in [9.17, 15) is 19.8 Å². The SMILES string of the molecule is Cc1c(CC(=O)NC(C)CO)c(=O)oc2c(O)c(O)ccc12. The van der Waals surface area contributed by atoms with Crippen molar-refractivity contribution in [3.63, 3.8) is 0 Å². The maximum absolute atomic E-state index is 12.0. The molecule has 0 aliphatic heterocycles. The Bertz CT molecular complexity index is 780. The second-order valence-corrected chi connectivity index (χ2v) is 5.13. The maximum Gasteiger partial charge on any atom is 0.340 e. The summed E-state index contributed by atoms with van der Waals surface area (Å²) in [5.41, 5.74) is -0.207. The Morgan fingerprint density at radius 3 is 2.68 bits per heavy atom. The van der Waals surface area contributed by atoms with Crippen LogP contribution in [0.5, 0.6) is 11.5 Å². The van der Waals surface area contributed by atoms with Gasteiger partial charge in [0.25, 0.3) is 0 Å². The van der Waals surface area contributed by atoms with Crippen LogP contribution in [0.4, 0.5) is 0 Å². The van der Waals surface area contributed by atoms with Crippen LogP contribution in [0, 0.1) is 6.92 Å². The van der Waals surface area contributed by atoms with Gasteiger partial charge in [0.2, 0.25) is 11.7 Å². The minimum Gasteiger partial charge on any atom is -0.504 e. The lowest BCUT2D eigenvalue weighted by Gasteiger charge is -2.12. The van der Waals surface area contributed by atoms with Crippen LogP contribution in [0.1, 0.15) is 18.1 Å². The summed E-state index contributed by atoms with van der Waals surface area (Å²) < 4.78 is 5.02. The number of fused-ring (bicyclic) bond motifs is 1. The number of benzene rings is 1. The van der Waals surface area contributed by atoms with Crippen molar-refractivity contribution in [2.45, 2.75) is 26.3 Å². The zero-order chi connectivity index (χ0) is 16.4. The number of phenols is 2. The number of carbonyl (C=O) groups excluding carboxylic acids is 1. The third-order valence-corrected chi connectivity index (χ3v) is 3.43. The number of hydrogen-bond acceptors (Lipinski definition) is 6. The topological polar surface area (TPSA) is 120 Å². The normalized spacial score (nSPS) is 12.3. The summed E-state index contributed by atoms with van der Waals surface area (Å²) in [5.74, 6) is -1.32. The van der Waals surface area contributed by atoms with Gasteiger partial charge in [-0.2, -0.15) is 0 Å². The monoisotopic (exact) mass is 307 g/mol. The van der Waals surface area contributed by atoms with Gasteiger partial charge in [0.1, 0.15) is 0 Å². The first kappa shape index (κ1) is 15.8. The lowest BCUT2D eigenvalue weighted by Crippen LogP contribution is -2.37. The number of amides is 1. The zero-order valence-electron chi connectivity index (χ0n) is 12.2. The van der Waals surface area contributed by atoms with Gasteiger partial charge < -0.3 is 25.1 Å². The molecule has 0 spiro atoms. The molecule has 1 amide bonds. The van der Waals surface area contributed by atoms with Gasteiger partial charge in [0, 0.05) is 11.4 Å². The largest absolute Gasteiger partial charge is 0.504 e. The second kappa shape index (κ2) is 6.07. The van der Waals surface area contributed by atoms with E-state index in [-0.39, 0.29) is 24.2 Å². The van der Waals surface area contributed by atoms with Crippen molar-refractivity contribution >= 4 is 16.9 Å². The van der Waals surface area contributed by atoms with Gasteiger partial charge in [-0.15, -0.1) is 0 Å². The fourth-order valence-electron chi connectivity index (χ4n) is 2.17. The molecule has 0 aliphatic carbocycles. The van der Waals surface area contributed by atoms with E-state index in [0.717, 1.165) is 0 Å². The lowest BCUT2D eigenvalue weighted by molar-refractivity contribution is -0.121. The summed E-state index contributed by atoms with van der Waals surface area (Å²) >= 11 is 0. The van der Waals surface area contributed by atoms with Gasteiger partial charge in [0.05, 0.1) is 18.6 Å². The molecular weight excluding hydrogens is 290 g/mol. The van der Waals surface area contributed by atoms with E-state index in [4.69, 9.17) is 9.52 Å². The number of carbonyl (C=O) groups is 1. The van der Waals surface area contributed by atoms with E-state index in [1.54, 1.807) is 13.8 Å². The van der Waals surface area contributed by atoms with Crippen LogP contribution >= 0.6 is 0 Å². The number of nitrogens with one attached hydrogen (secondary N) is 1. The van der Waals surface area contributed by atoms with Crippen LogP contribution in [-0.2, 0) is 11.2 Å². The lowest BCUT2D eigenvalue weighted by atomic mass is 10.0. The fraction of sp³-hybridized carbons (Fsp3) is 0.333. The number of aliphatic hydroxyl groups excluding tert-OH is 1. The van der Waals surface area contributed by atoms with Crippen LogP contribution < -0.4 is 10.9 Å². The predicted octanol–water partition coefficient (Wildman–Crippen LogP) is 0.552. The van der Waals surface area contributed by atoms with Crippen LogP contribution in [-0.4, -0.2) is 33.9 Å². The molecule has 0 fully saturated rings. The highest BCUT2D eigenvalue weighted by atomic mass is 16.4. The molecule has 0 bridgehead atoms. The van der Waals surface area contributed by atoms with Crippen molar-refractivity contribution < 1.29 is 24.5 Å². The number of aromatic hydroxyl groups is 2. The van der Waals surface area contributed by atoms with Crippen molar-refractivity contribution in [3.05, 3.63) is 33.7 Å². The van der Waals surface area contributed by atoms with Crippen molar-refractivity contribution in [1.29, 1.82) is 0 Å². The number of aryl methyl sites for hydroxylation is 1. The summed E-state index contributed by atoms with van der Waals surface area (Å²) in [5, 5.41) is 31.1. The van der Waals surface area contributed by atoms with Gasteiger partial charge in [0.15, 0.2) is 11.3 Å². The van der Waals surface area contributed by atoms with Crippen molar-refractivity contribution in [3.8, 4) is 11.5 Å². The number of aliphatic hydroxyl groups is 1. The van der Waals surface area contributed by atoms with Crippen LogP contribution in [0.3, 0.4) is 0 Å². The second-order valence-electron chi connectivity index (χ2n) is 5.13. The van der Waals surface area contributed by atoms with E-state index in [1.165, 1.54) is 12.1 Å². The highest BCUT2D eigenvalue weighted by Gasteiger charge is 2.18. The molecule has 118 valence electrons. The minimum absolute atomic E-state index is 0.115. The first-order valence-electron chi connectivity index (χ1n) is 6.72. The summed E-state index contributed by atoms with van der Waals surface area (Å²) in [6.45, 7) is 3.06. The quantitative estimate of drug-likeness (QED) is 0.484. The Morgan fingerprint density at radius 1 is 1.36 bits per heavy atom. The first-order valence-corrected chi connectivity index (χ1v) is 6.72. The molecule has 1 heterocycles. The average molecular weight is 307 g/mol. The average Bonchev–Trinajstić information content (AvgIpc) is 2.47. The summed E-state index contributed by atoms with van der Waals surface area (Å²) in [6.07, 6.45) is -0.198. The molecule has 7 heteroatoms. The predicted molar refractivity (Wildman–Crippen MR) is 78.9 cm³/mol. The Kier molecular flexibility index (Phi) is 4.37. The number of phenolic OH excluding ortho intramolecular Hbond substituents is 2. The summed E-state index contributed by atoms with van der Waals surface area (Å²) in [7, 11) is 0. The smallest absolute Gasteiger partial charge is 0.340 e. The van der Waals surface area contributed by atoms with E-state index < -0.39 is 29.1 Å². The summed E-state index contributed by atoms with van der Waals surface area (Å²) in [4.78, 5) is 23.9. The van der Waals surface area contributed by atoms with Gasteiger partial charge in [-0.25, -0.2) is 4.79 Å².